The number of rotatable bonds is 4. The summed E-state index contributed by atoms with van der Waals surface area (Å²) in [6, 6.07) is 8.14. The van der Waals surface area contributed by atoms with Crippen LogP contribution in [0.5, 0.6) is 0 Å². The Hall–Kier alpha value is -1.43. The third-order valence-corrected chi connectivity index (χ3v) is 4.24. The van der Waals surface area contributed by atoms with Crippen molar-refractivity contribution in [1.29, 1.82) is 0 Å². The van der Waals surface area contributed by atoms with E-state index in [0.29, 0.717) is 11.4 Å². The number of benzene rings is 1. The van der Waals surface area contributed by atoms with Crippen LogP contribution in [0.4, 0.5) is 4.39 Å². The van der Waals surface area contributed by atoms with E-state index in [9.17, 15) is 9.18 Å². The normalized spacial score (nSPS) is 11.0. The average molecular weight is 343 g/mol. The van der Waals surface area contributed by atoms with Gasteiger partial charge in [0.2, 0.25) is 0 Å². The minimum absolute atomic E-state index is 0. The Labute approximate surface area is 140 Å². The van der Waals surface area contributed by atoms with E-state index in [4.69, 9.17) is 5.73 Å². The fraction of sp³-hybridized carbons (Fsp3) is 0.312. The lowest BCUT2D eigenvalue weighted by Gasteiger charge is -2.18. The number of nitrogens with two attached hydrogens (primary N) is 1. The Morgan fingerprint density at radius 2 is 1.91 bits per heavy atom. The van der Waals surface area contributed by atoms with Crippen LogP contribution < -0.4 is 11.1 Å². The Balaban J connectivity index is 0.00000242. The van der Waals surface area contributed by atoms with E-state index in [0.717, 1.165) is 16.0 Å². The summed E-state index contributed by atoms with van der Waals surface area (Å²) in [5, 5.41) is 2.83. The first-order chi connectivity index (χ1) is 9.76. The number of nitrogens with one attached hydrogen (secondary N) is 1. The van der Waals surface area contributed by atoms with E-state index in [-0.39, 0.29) is 24.1 Å². The molecule has 0 saturated heterocycles. The van der Waals surface area contributed by atoms with Gasteiger partial charge in [-0.1, -0.05) is 12.1 Å². The molecule has 0 atom stereocenters. The zero-order valence-corrected chi connectivity index (χ0v) is 14.4. The smallest absolute Gasteiger partial charge is 0.261 e. The second-order valence-electron chi connectivity index (χ2n) is 5.80. The monoisotopic (exact) mass is 342 g/mol. The molecule has 0 radical (unpaired) electrons. The molecule has 120 valence electrons. The lowest BCUT2D eigenvalue weighted by atomic mass is 10.1. The van der Waals surface area contributed by atoms with Crippen molar-refractivity contribution < 1.29 is 9.18 Å². The second kappa shape index (κ2) is 7.22. The molecule has 0 aliphatic rings. The van der Waals surface area contributed by atoms with Crippen molar-refractivity contribution in [3.8, 4) is 10.4 Å². The molecule has 0 saturated carbocycles. The van der Waals surface area contributed by atoms with Crippen LogP contribution in [0, 0.1) is 12.7 Å². The van der Waals surface area contributed by atoms with Gasteiger partial charge in [0.15, 0.2) is 0 Å². The SMILES string of the molecule is Cc1cc(C(=O)NCC(C)(C)N)sc1-c1ccc(F)cc1.Cl. The highest BCUT2D eigenvalue weighted by molar-refractivity contribution is 7.17. The van der Waals surface area contributed by atoms with E-state index < -0.39 is 5.54 Å². The molecule has 3 N–H and O–H groups in total. The molecule has 1 aromatic heterocycles. The summed E-state index contributed by atoms with van der Waals surface area (Å²) in [6.45, 7) is 6.07. The number of hydrogen-bond donors (Lipinski definition) is 2. The Kier molecular flexibility index (Phi) is 6.11. The molecule has 2 aromatic rings. The lowest BCUT2D eigenvalue weighted by molar-refractivity contribution is 0.0950. The molecule has 0 aliphatic heterocycles. The highest BCUT2D eigenvalue weighted by atomic mass is 35.5. The number of carbonyl (C=O) groups excluding carboxylic acids is 1. The molecule has 0 spiro atoms. The van der Waals surface area contributed by atoms with Crippen molar-refractivity contribution in [3.05, 3.63) is 46.6 Å². The highest BCUT2D eigenvalue weighted by Crippen LogP contribution is 2.32. The van der Waals surface area contributed by atoms with Gasteiger partial charge < -0.3 is 11.1 Å². The van der Waals surface area contributed by atoms with Gasteiger partial charge in [-0.3, -0.25) is 4.79 Å². The van der Waals surface area contributed by atoms with Crippen molar-refractivity contribution >= 4 is 29.7 Å². The van der Waals surface area contributed by atoms with Crippen molar-refractivity contribution in [1.82, 2.24) is 5.32 Å². The fourth-order valence-electron chi connectivity index (χ4n) is 1.88. The first-order valence-electron chi connectivity index (χ1n) is 6.70. The zero-order chi connectivity index (χ0) is 15.6. The van der Waals surface area contributed by atoms with Gasteiger partial charge in [-0.25, -0.2) is 4.39 Å². The molecule has 0 fully saturated rings. The van der Waals surface area contributed by atoms with Crippen LogP contribution in [0.15, 0.2) is 30.3 Å². The minimum Gasteiger partial charge on any atom is -0.350 e. The quantitative estimate of drug-likeness (QED) is 0.889. The number of aryl methyl sites for hydroxylation is 1. The topological polar surface area (TPSA) is 55.1 Å². The van der Waals surface area contributed by atoms with E-state index in [2.05, 4.69) is 5.32 Å². The zero-order valence-electron chi connectivity index (χ0n) is 12.8. The standard InChI is InChI=1S/C16H19FN2OS.ClH/c1-10-8-13(15(20)19-9-16(2,3)18)21-14(10)11-4-6-12(17)7-5-11;/h4-8H,9,18H2,1-3H3,(H,19,20);1H. The molecular formula is C16H20ClFN2OS. The van der Waals surface area contributed by atoms with Crippen molar-refractivity contribution in [2.24, 2.45) is 5.73 Å². The number of hydrogen-bond acceptors (Lipinski definition) is 3. The van der Waals surface area contributed by atoms with Crippen LogP contribution in [0.25, 0.3) is 10.4 Å². The van der Waals surface area contributed by atoms with Gasteiger partial charge >= 0.3 is 0 Å². The third-order valence-electron chi connectivity index (χ3n) is 2.95. The molecule has 1 aromatic carbocycles. The molecule has 2 rings (SSSR count). The number of thiophene rings is 1. The summed E-state index contributed by atoms with van der Waals surface area (Å²) >= 11 is 1.40. The summed E-state index contributed by atoms with van der Waals surface area (Å²) in [4.78, 5) is 13.7. The third kappa shape index (κ3) is 4.80. The summed E-state index contributed by atoms with van der Waals surface area (Å²) in [7, 11) is 0. The van der Waals surface area contributed by atoms with E-state index in [1.54, 1.807) is 12.1 Å². The summed E-state index contributed by atoms with van der Waals surface area (Å²) in [5.74, 6) is -0.397. The van der Waals surface area contributed by atoms with Crippen LogP contribution in [-0.4, -0.2) is 18.0 Å². The summed E-state index contributed by atoms with van der Waals surface area (Å²) in [6.07, 6.45) is 0. The van der Waals surface area contributed by atoms with Crippen molar-refractivity contribution in [2.45, 2.75) is 26.3 Å². The van der Waals surface area contributed by atoms with Crippen LogP contribution >= 0.6 is 23.7 Å². The van der Waals surface area contributed by atoms with Crippen LogP contribution in [-0.2, 0) is 0 Å². The van der Waals surface area contributed by atoms with Crippen LogP contribution in [0.1, 0.15) is 29.1 Å². The first kappa shape index (κ1) is 18.6. The minimum atomic E-state index is -0.443. The van der Waals surface area contributed by atoms with Crippen molar-refractivity contribution in [2.75, 3.05) is 6.54 Å². The number of halogens is 2. The Morgan fingerprint density at radius 3 is 2.45 bits per heavy atom. The molecule has 1 amide bonds. The molecule has 3 nitrogen and oxygen atoms in total. The molecule has 22 heavy (non-hydrogen) atoms. The molecule has 0 unspecified atom stereocenters. The second-order valence-corrected chi connectivity index (χ2v) is 6.85. The molecular weight excluding hydrogens is 323 g/mol. The average Bonchev–Trinajstić information content (AvgIpc) is 2.78. The van der Waals surface area contributed by atoms with Crippen LogP contribution in [0.3, 0.4) is 0 Å². The highest BCUT2D eigenvalue weighted by Gasteiger charge is 2.16. The summed E-state index contributed by atoms with van der Waals surface area (Å²) < 4.78 is 13.0. The van der Waals surface area contributed by atoms with E-state index in [1.807, 2.05) is 26.8 Å². The van der Waals surface area contributed by atoms with Crippen molar-refractivity contribution in [3.63, 3.8) is 0 Å². The predicted octanol–water partition coefficient (Wildman–Crippen LogP) is 3.75. The van der Waals surface area contributed by atoms with Gasteiger partial charge in [0, 0.05) is 17.0 Å². The van der Waals surface area contributed by atoms with Gasteiger partial charge in [0.25, 0.3) is 5.91 Å². The maximum Gasteiger partial charge on any atom is 0.261 e. The Morgan fingerprint density at radius 1 is 1.32 bits per heavy atom. The van der Waals surface area contributed by atoms with Crippen LogP contribution in [0.2, 0.25) is 0 Å². The number of amides is 1. The van der Waals surface area contributed by atoms with Gasteiger partial charge in [0.05, 0.1) is 4.88 Å². The first-order valence-corrected chi connectivity index (χ1v) is 7.51. The predicted molar refractivity (Wildman–Crippen MR) is 92.3 cm³/mol. The maximum absolute atomic E-state index is 13.0. The Bertz CT molecular complexity index is 647. The van der Waals surface area contributed by atoms with E-state index >= 15 is 0 Å². The maximum atomic E-state index is 13.0. The van der Waals surface area contributed by atoms with Gasteiger partial charge in [0.1, 0.15) is 5.82 Å². The lowest BCUT2D eigenvalue weighted by Crippen LogP contribution is -2.44. The molecule has 6 heteroatoms. The van der Waals surface area contributed by atoms with Gasteiger partial charge in [-0.05, 0) is 50.1 Å². The summed E-state index contributed by atoms with van der Waals surface area (Å²) in [5.41, 5.74) is 7.33. The molecule has 0 bridgehead atoms. The van der Waals surface area contributed by atoms with Gasteiger partial charge in [-0.2, -0.15) is 0 Å². The van der Waals surface area contributed by atoms with Gasteiger partial charge in [-0.15, -0.1) is 23.7 Å². The fourth-order valence-corrected chi connectivity index (χ4v) is 2.97. The molecule has 1 heterocycles. The number of carbonyl (C=O) groups is 1. The largest absolute Gasteiger partial charge is 0.350 e. The molecule has 0 aliphatic carbocycles. The van der Waals surface area contributed by atoms with E-state index in [1.165, 1.54) is 23.5 Å².